The van der Waals surface area contributed by atoms with Crippen LogP contribution in [-0.4, -0.2) is 12.2 Å². The second-order valence-electron chi connectivity index (χ2n) is 3.72. The molecule has 0 amide bonds. The number of rotatable bonds is 4. The van der Waals surface area contributed by atoms with Gasteiger partial charge in [0.15, 0.2) is 11.5 Å². The fraction of sp³-hybridized carbons (Fsp3) is 0.143. The van der Waals surface area contributed by atoms with Crippen LogP contribution in [0.15, 0.2) is 42.5 Å². The first-order chi connectivity index (χ1) is 8.70. The van der Waals surface area contributed by atoms with E-state index in [1.807, 2.05) is 12.1 Å². The number of para-hydroxylation sites is 2. The van der Waals surface area contributed by atoms with Crippen LogP contribution in [0.3, 0.4) is 0 Å². The van der Waals surface area contributed by atoms with Crippen LogP contribution < -0.4 is 9.47 Å². The number of halogens is 1. The Morgan fingerprint density at radius 3 is 2.50 bits per heavy atom. The van der Waals surface area contributed by atoms with Crippen molar-refractivity contribution in [1.29, 1.82) is 0 Å². The maximum Gasteiger partial charge on any atom is 0.161 e. The van der Waals surface area contributed by atoms with Gasteiger partial charge in [0.05, 0.1) is 7.11 Å². The van der Waals surface area contributed by atoms with Gasteiger partial charge in [-0.2, -0.15) is 0 Å². The molecule has 0 unspecified atom stereocenters. The molecule has 2 aromatic rings. The van der Waals surface area contributed by atoms with E-state index in [-0.39, 0.29) is 12.4 Å². The molecule has 0 aliphatic rings. The van der Waals surface area contributed by atoms with Gasteiger partial charge in [-0.05, 0) is 24.3 Å². The molecule has 0 aliphatic heterocycles. The van der Waals surface area contributed by atoms with Gasteiger partial charge in [0.25, 0.3) is 0 Å². The van der Waals surface area contributed by atoms with E-state index in [0.29, 0.717) is 17.1 Å². The molecule has 0 saturated carbocycles. The van der Waals surface area contributed by atoms with Crippen LogP contribution in [0, 0.1) is 5.82 Å². The van der Waals surface area contributed by atoms with Crippen LogP contribution in [0.4, 0.5) is 4.39 Å². The summed E-state index contributed by atoms with van der Waals surface area (Å²) in [7, 11) is 1.54. The van der Waals surface area contributed by atoms with Crippen molar-refractivity contribution in [2.45, 2.75) is 6.61 Å². The highest BCUT2D eigenvalue weighted by molar-refractivity contribution is 5.39. The van der Waals surface area contributed by atoms with Crippen LogP contribution in [0.25, 0.3) is 0 Å². The number of hydrogen-bond donors (Lipinski definition) is 1. The van der Waals surface area contributed by atoms with E-state index >= 15 is 0 Å². The van der Waals surface area contributed by atoms with Crippen LogP contribution >= 0.6 is 0 Å². The lowest BCUT2D eigenvalue weighted by molar-refractivity contribution is 0.279. The molecule has 4 heteroatoms. The normalized spacial score (nSPS) is 10.1. The Bertz CT molecular complexity index is 540. The molecule has 0 aromatic heterocycles. The van der Waals surface area contributed by atoms with Crippen LogP contribution in [0.1, 0.15) is 5.56 Å². The highest BCUT2D eigenvalue weighted by Gasteiger charge is 2.06. The summed E-state index contributed by atoms with van der Waals surface area (Å²) in [5, 5.41) is 9.10. The van der Waals surface area contributed by atoms with E-state index in [2.05, 4.69) is 0 Å². The largest absolute Gasteiger partial charge is 0.508 e. The average molecular weight is 248 g/mol. The van der Waals surface area contributed by atoms with E-state index in [4.69, 9.17) is 14.6 Å². The van der Waals surface area contributed by atoms with Gasteiger partial charge in [-0.3, -0.25) is 0 Å². The molecule has 0 spiro atoms. The van der Waals surface area contributed by atoms with Gasteiger partial charge in [-0.1, -0.05) is 12.1 Å². The van der Waals surface area contributed by atoms with Crippen molar-refractivity contribution < 1.29 is 19.0 Å². The summed E-state index contributed by atoms with van der Waals surface area (Å²) >= 11 is 0. The Balaban J connectivity index is 2.11. The topological polar surface area (TPSA) is 38.7 Å². The summed E-state index contributed by atoms with van der Waals surface area (Å²) in [5.74, 6) is 0.544. The quantitative estimate of drug-likeness (QED) is 0.903. The second-order valence-corrected chi connectivity index (χ2v) is 3.72. The first-order valence-electron chi connectivity index (χ1n) is 5.44. The molecular formula is C14H13FO3. The van der Waals surface area contributed by atoms with Gasteiger partial charge in [-0.15, -0.1) is 0 Å². The average Bonchev–Trinajstić information content (AvgIpc) is 2.38. The fourth-order valence-corrected chi connectivity index (χ4v) is 1.55. The van der Waals surface area contributed by atoms with Crippen molar-refractivity contribution in [1.82, 2.24) is 0 Å². The Morgan fingerprint density at radius 1 is 1.11 bits per heavy atom. The van der Waals surface area contributed by atoms with Gasteiger partial charge in [0.2, 0.25) is 0 Å². The third-order valence-electron chi connectivity index (χ3n) is 2.49. The van der Waals surface area contributed by atoms with E-state index in [1.165, 1.54) is 12.1 Å². The summed E-state index contributed by atoms with van der Waals surface area (Å²) in [4.78, 5) is 0. The second kappa shape index (κ2) is 5.40. The van der Waals surface area contributed by atoms with Gasteiger partial charge >= 0.3 is 0 Å². The fourth-order valence-electron chi connectivity index (χ4n) is 1.55. The number of phenols is 1. The Morgan fingerprint density at radius 2 is 1.83 bits per heavy atom. The molecule has 0 bridgehead atoms. The number of hydrogen-bond acceptors (Lipinski definition) is 3. The smallest absolute Gasteiger partial charge is 0.161 e. The first-order valence-corrected chi connectivity index (χ1v) is 5.44. The standard InChI is InChI=1S/C14H13FO3/c1-17-13-4-2-3-5-14(13)18-9-10-6-7-11(16)8-12(10)15/h2-8,16H,9H2,1H3. The molecular weight excluding hydrogens is 235 g/mol. The van der Waals surface area contributed by atoms with E-state index < -0.39 is 5.82 Å². The van der Waals surface area contributed by atoms with Crippen molar-refractivity contribution in [3.8, 4) is 17.2 Å². The summed E-state index contributed by atoms with van der Waals surface area (Å²) in [6.07, 6.45) is 0. The van der Waals surface area contributed by atoms with Crippen molar-refractivity contribution in [2.24, 2.45) is 0 Å². The lowest BCUT2D eigenvalue weighted by atomic mass is 10.2. The number of ether oxygens (including phenoxy) is 2. The molecule has 0 saturated heterocycles. The minimum absolute atomic E-state index is 0.0759. The van der Waals surface area contributed by atoms with E-state index in [0.717, 1.165) is 6.07 Å². The van der Waals surface area contributed by atoms with E-state index in [9.17, 15) is 4.39 Å². The van der Waals surface area contributed by atoms with Crippen molar-refractivity contribution in [3.63, 3.8) is 0 Å². The number of phenolic OH excluding ortho intramolecular Hbond substituents is 1. The predicted octanol–water partition coefficient (Wildman–Crippen LogP) is 3.12. The number of aromatic hydroxyl groups is 1. The maximum atomic E-state index is 13.5. The summed E-state index contributed by atoms with van der Waals surface area (Å²) < 4.78 is 24.1. The van der Waals surface area contributed by atoms with Crippen LogP contribution in [0.2, 0.25) is 0 Å². The molecule has 2 rings (SSSR count). The lowest BCUT2D eigenvalue weighted by Crippen LogP contribution is -1.99. The van der Waals surface area contributed by atoms with Crippen LogP contribution in [-0.2, 0) is 6.61 Å². The molecule has 2 aromatic carbocycles. The molecule has 3 nitrogen and oxygen atoms in total. The number of methoxy groups -OCH3 is 1. The maximum absolute atomic E-state index is 13.5. The highest BCUT2D eigenvalue weighted by atomic mass is 19.1. The monoisotopic (exact) mass is 248 g/mol. The molecule has 0 atom stereocenters. The lowest BCUT2D eigenvalue weighted by Gasteiger charge is -2.10. The first kappa shape index (κ1) is 12.2. The zero-order valence-electron chi connectivity index (χ0n) is 9.89. The summed E-state index contributed by atoms with van der Waals surface area (Å²) in [6.45, 7) is 0.0759. The summed E-state index contributed by atoms with van der Waals surface area (Å²) in [6, 6.07) is 11.1. The Kier molecular flexibility index (Phi) is 3.67. The van der Waals surface area contributed by atoms with Gasteiger partial charge < -0.3 is 14.6 Å². The molecule has 0 aliphatic carbocycles. The minimum Gasteiger partial charge on any atom is -0.508 e. The minimum atomic E-state index is -0.495. The summed E-state index contributed by atoms with van der Waals surface area (Å²) in [5.41, 5.74) is 0.374. The van der Waals surface area contributed by atoms with Gasteiger partial charge in [-0.25, -0.2) is 4.39 Å². The van der Waals surface area contributed by atoms with Crippen LogP contribution in [0.5, 0.6) is 17.2 Å². The van der Waals surface area contributed by atoms with E-state index in [1.54, 1.807) is 19.2 Å². The number of benzene rings is 2. The molecule has 0 heterocycles. The predicted molar refractivity (Wildman–Crippen MR) is 65.4 cm³/mol. The van der Waals surface area contributed by atoms with Gasteiger partial charge in [0, 0.05) is 11.6 Å². The Hall–Kier alpha value is -2.23. The zero-order valence-corrected chi connectivity index (χ0v) is 9.89. The Labute approximate surface area is 104 Å². The van der Waals surface area contributed by atoms with Crippen molar-refractivity contribution in [3.05, 3.63) is 53.8 Å². The molecule has 0 radical (unpaired) electrons. The third-order valence-corrected chi connectivity index (χ3v) is 2.49. The van der Waals surface area contributed by atoms with Gasteiger partial charge in [0.1, 0.15) is 18.2 Å². The van der Waals surface area contributed by atoms with Crippen molar-refractivity contribution in [2.75, 3.05) is 7.11 Å². The highest BCUT2D eigenvalue weighted by Crippen LogP contribution is 2.27. The zero-order chi connectivity index (χ0) is 13.0. The molecule has 1 N–H and O–H groups in total. The molecule has 94 valence electrons. The molecule has 18 heavy (non-hydrogen) atoms. The molecule has 0 fully saturated rings. The SMILES string of the molecule is COc1ccccc1OCc1ccc(O)cc1F. The third kappa shape index (κ3) is 2.71. The van der Waals surface area contributed by atoms with Crippen molar-refractivity contribution >= 4 is 0 Å².